The SMILES string of the molecule is CCOC(Cn1cc(C(=O)NC(c2cccs2)C2CCCC2)nn1)OCC. The second kappa shape index (κ2) is 9.96. The summed E-state index contributed by atoms with van der Waals surface area (Å²) in [5.41, 5.74) is 0.321. The average Bonchev–Trinajstić information content (AvgIpc) is 3.41. The highest BCUT2D eigenvalue weighted by Gasteiger charge is 2.29. The molecule has 8 heteroatoms. The first-order valence-corrected chi connectivity index (χ1v) is 10.6. The van der Waals surface area contributed by atoms with Gasteiger partial charge in [0.1, 0.15) is 0 Å². The Morgan fingerprint density at radius 2 is 2.07 bits per heavy atom. The van der Waals surface area contributed by atoms with E-state index in [9.17, 15) is 4.79 Å². The van der Waals surface area contributed by atoms with Gasteiger partial charge in [0.15, 0.2) is 12.0 Å². The predicted molar refractivity (Wildman–Crippen MR) is 104 cm³/mol. The number of hydrogen-bond donors (Lipinski definition) is 1. The minimum absolute atomic E-state index is 0.0461. The second-order valence-electron chi connectivity index (χ2n) is 6.68. The van der Waals surface area contributed by atoms with Crippen molar-refractivity contribution < 1.29 is 14.3 Å². The Morgan fingerprint density at radius 3 is 2.70 bits per heavy atom. The Morgan fingerprint density at radius 1 is 1.33 bits per heavy atom. The van der Waals surface area contributed by atoms with Gasteiger partial charge in [-0.05, 0) is 44.1 Å². The van der Waals surface area contributed by atoms with Gasteiger partial charge in [0.05, 0.1) is 18.8 Å². The number of thiophene rings is 1. The number of rotatable bonds is 10. The molecule has 0 radical (unpaired) electrons. The van der Waals surface area contributed by atoms with Crippen LogP contribution in [0.25, 0.3) is 0 Å². The summed E-state index contributed by atoms with van der Waals surface area (Å²) in [7, 11) is 0. The lowest BCUT2D eigenvalue weighted by molar-refractivity contribution is -0.145. The van der Waals surface area contributed by atoms with E-state index in [1.54, 1.807) is 22.2 Å². The minimum Gasteiger partial charge on any atom is -0.351 e. The minimum atomic E-state index is -0.394. The van der Waals surface area contributed by atoms with E-state index in [0.717, 1.165) is 12.8 Å². The van der Waals surface area contributed by atoms with Gasteiger partial charge in [-0.3, -0.25) is 4.79 Å². The van der Waals surface area contributed by atoms with E-state index in [0.29, 0.717) is 31.4 Å². The van der Waals surface area contributed by atoms with Crippen molar-refractivity contribution in [1.29, 1.82) is 0 Å². The van der Waals surface area contributed by atoms with E-state index in [-0.39, 0.29) is 11.9 Å². The molecule has 3 rings (SSSR count). The molecular formula is C19H28N4O3S. The molecule has 0 spiro atoms. The number of ether oxygens (including phenoxy) is 2. The molecule has 1 unspecified atom stereocenters. The summed E-state index contributed by atoms with van der Waals surface area (Å²) in [5, 5.41) is 13.3. The number of nitrogens with zero attached hydrogens (tertiary/aromatic N) is 3. The first kappa shape index (κ1) is 20.0. The molecular weight excluding hydrogens is 364 g/mol. The molecule has 0 bridgehead atoms. The molecule has 1 saturated carbocycles. The summed E-state index contributed by atoms with van der Waals surface area (Å²) in [6, 6.07) is 4.18. The van der Waals surface area contributed by atoms with Crippen molar-refractivity contribution >= 4 is 17.2 Å². The Hall–Kier alpha value is -1.77. The van der Waals surface area contributed by atoms with E-state index in [1.807, 2.05) is 19.9 Å². The number of hydrogen-bond acceptors (Lipinski definition) is 6. The van der Waals surface area contributed by atoms with Crippen LogP contribution in [0.15, 0.2) is 23.7 Å². The molecule has 0 aliphatic heterocycles. The van der Waals surface area contributed by atoms with Gasteiger partial charge < -0.3 is 14.8 Å². The molecule has 1 atom stereocenters. The summed E-state index contributed by atoms with van der Waals surface area (Å²) >= 11 is 1.69. The number of carbonyl (C=O) groups is 1. The zero-order valence-electron chi connectivity index (χ0n) is 16.0. The van der Waals surface area contributed by atoms with Crippen LogP contribution in [0.3, 0.4) is 0 Å². The third-order valence-corrected chi connectivity index (χ3v) is 5.78. The Bertz CT molecular complexity index is 692. The van der Waals surface area contributed by atoms with Crippen LogP contribution in [0.1, 0.15) is 60.9 Å². The fourth-order valence-electron chi connectivity index (χ4n) is 3.57. The van der Waals surface area contributed by atoms with Gasteiger partial charge >= 0.3 is 0 Å². The first-order valence-electron chi connectivity index (χ1n) is 9.68. The average molecular weight is 393 g/mol. The fraction of sp³-hybridized carbons (Fsp3) is 0.632. The standard InChI is InChI=1S/C19H28N4O3S/c1-3-25-17(26-4-2)13-23-12-15(21-22-23)19(24)20-18(14-8-5-6-9-14)16-10-7-11-27-16/h7,10-12,14,17-18H,3-6,8-9,13H2,1-2H3,(H,20,24). The summed E-state index contributed by atoms with van der Waals surface area (Å²) in [6.45, 7) is 5.34. The van der Waals surface area contributed by atoms with Crippen molar-refractivity contribution in [3.63, 3.8) is 0 Å². The molecule has 2 aromatic rings. The van der Waals surface area contributed by atoms with Gasteiger partial charge in [-0.25, -0.2) is 4.68 Å². The highest BCUT2D eigenvalue weighted by Crippen LogP contribution is 2.37. The van der Waals surface area contributed by atoms with Gasteiger partial charge in [0.25, 0.3) is 5.91 Å². The van der Waals surface area contributed by atoms with Gasteiger partial charge in [0, 0.05) is 18.1 Å². The van der Waals surface area contributed by atoms with Crippen LogP contribution in [0.4, 0.5) is 0 Å². The summed E-state index contributed by atoms with van der Waals surface area (Å²) in [5.74, 6) is 0.304. The van der Waals surface area contributed by atoms with Crippen molar-refractivity contribution in [3.05, 3.63) is 34.3 Å². The topological polar surface area (TPSA) is 78.3 Å². The third kappa shape index (κ3) is 5.37. The Labute approximate surface area is 164 Å². The highest BCUT2D eigenvalue weighted by molar-refractivity contribution is 7.10. The van der Waals surface area contributed by atoms with Gasteiger partial charge in [-0.15, -0.1) is 16.4 Å². The molecule has 2 aromatic heterocycles. The summed E-state index contributed by atoms with van der Waals surface area (Å²) in [6.07, 6.45) is 6.03. The lowest BCUT2D eigenvalue weighted by Gasteiger charge is -2.23. The zero-order chi connectivity index (χ0) is 19.1. The van der Waals surface area contributed by atoms with Crippen LogP contribution in [0.5, 0.6) is 0 Å². The quantitative estimate of drug-likeness (QED) is 0.627. The van der Waals surface area contributed by atoms with Crippen LogP contribution in [-0.4, -0.2) is 40.4 Å². The maximum Gasteiger partial charge on any atom is 0.273 e. The maximum atomic E-state index is 12.8. The second-order valence-corrected chi connectivity index (χ2v) is 7.66. The monoisotopic (exact) mass is 392 g/mol. The van der Waals surface area contributed by atoms with Crippen molar-refractivity contribution in [2.45, 2.75) is 58.4 Å². The number of aromatic nitrogens is 3. The fourth-order valence-corrected chi connectivity index (χ4v) is 4.43. The number of amides is 1. The van der Waals surface area contributed by atoms with E-state index >= 15 is 0 Å². The van der Waals surface area contributed by atoms with Crippen molar-refractivity contribution in [1.82, 2.24) is 20.3 Å². The lowest BCUT2D eigenvalue weighted by Crippen LogP contribution is -2.32. The van der Waals surface area contributed by atoms with Crippen LogP contribution < -0.4 is 5.32 Å². The number of carbonyl (C=O) groups excluding carboxylic acids is 1. The normalized spacial score (nSPS) is 16.1. The van der Waals surface area contributed by atoms with Crippen LogP contribution >= 0.6 is 11.3 Å². The van der Waals surface area contributed by atoms with Crippen LogP contribution in [0.2, 0.25) is 0 Å². The molecule has 7 nitrogen and oxygen atoms in total. The molecule has 1 amide bonds. The first-order chi connectivity index (χ1) is 13.2. The molecule has 148 valence electrons. The van der Waals surface area contributed by atoms with E-state index in [4.69, 9.17) is 9.47 Å². The Balaban J connectivity index is 1.65. The summed E-state index contributed by atoms with van der Waals surface area (Å²) in [4.78, 5) is 14.0. The van der Waals surface area contributed by atoms with Crippen molar-refractivity contribution in [2.24, 2.45) is 5.92 Å². The number of nitrogens with one attached hydrogen (secondary N) is 1. The molecule has 2 heterocycles. The third-order valence-electron chi connectivity index (χ3n) is 4.82. The molecule has 1 fully saturated rings. The molecule has 1 aliphatic carbocycles. The van der Waals surface area contributed by atoms with Crippen molar-refractivity contribution in [2.75, 3.05) is 13.2 Å². The maximum absolute atomic E-state index is 12.8. The lowest BCUT2D eigenvalue weighted by atomic mass is 9.96. The van der Waals surface area contributed by atoms with Crippen molar-refractivity contribution in [3.8, 4) is 0 Å². The van der Waals surface area contributed by atoms with E-state index < -0.39 is 6.29 Å². The summed E-state index contributed by atoms with van der Waals surface area (Å²) < 4.78 is 12.7. The largest absolute Gasteiger partial charge is 0.351 e. The van der Waals surface area contributed by atoms with Gasteiger partial charge in [-0.1, -0.05) is 24.1 Å². The van der Waals surface area contributed by atoms with E-state index in [2.05, 4.69) is 27.1 Å². The predicted octanol–water partition coefficient (Wildman–Crippen LogP) is 3.40. The van der Waals surface area contributed by atoms with Gasteiger partial charge in [-0.2, -0.15) is 0 Å². The molecule has 0 saturated heterocycles. The van der Waals surface area contributed by atoms with Crippen LogP contribution in [-0.2, 0) is 16.0 Å². The molecule has 0 aromatic carbocycles. The molecule has 27 heavy (non-hydrogen) atoms. The van der Waals surface area contributed by atoms with Crippen LogP contribution in [0, 0.1) is 5.92 Å². The smallest absolute Gasteiger partial charge is 0.273 e. The highest BCUT2D eigenvalue weighted by atomic mass is 32.1. The van der Waals surface area contributed by atoms with Gasteiger partial charge in [0.2, 0.25) is 0 Å². The zero-order valence-corrected chi connectivity index (χ0v) is 16.8. The molecule has 1 aliphatic rings. The van der Waals surface area contributed by atoms with E-state index in [1.165, 1.54) is 17.7 Å². The molecule has 1 N–H and O–H groups in total. The Kier molecular flexibility index (Phi) is 7.37.